The van der Waals surface area contributed by atoms with E-state index >= 15 is 0 Å². The van der Waals surface area contributed by atoms with Gasteiger partial charge in [-0.05, 0) is 37.8 Å². The maximum atomic E-state index is 6.24. The Morgan fingerprint density at radius 2 is 2.29 bits per heavy atom. The third-order valence-corrected chi connectivity index (χ3v) is 4.86. The van der Waals surface area contributed by atoms with Gasteiger partial charge in [0.25, 0.3) is 0 Å². The van der Waals surface area contributed by atoms with Crippen LogP contribution in [0.5, 0.6) is 0 Å². The van der Waals surface area contributed by atoms with Crippen molar-refractivity contribution in [1.29, 1.82) is 0 Å². The van der Waals surface area contributed by atoms with E-state index in [9.17, 15) is 0 Å². The van der Waals surface area contributed by atoms with Crippen molar-refractivity contribution in [1.82, 2.24) is 9.62 Å². The molecule has 2 unspecified atom stereocenters. The standard InChI is InChI=1S/C13H18ClN5S2/c1-7(9-4-5-11(21-3)10(14)6-9)16-13-18-12(15)17-8(2)19(13)20/h4-8,20H,1-3H3,(H3,15,16,17,18). The van der Waals surface area contributed by atoms with E-state index in [0.717, 1.165) is 15.5 Å². The molecule has 0 saturated carbocycles. The number of thiol groups is 1. The number of nitrogens with two attached hydrogens (primary N) is 1. The zero-order chi connectivity index (χ0) is 15.6. The normalized spacial score (nSPS) is 22.0. The van der Waals surface area contributed by atoms with Gasteiger partial charge in [-0.2, -0.15) is 0 Å². The van der Waals surface area contributed by atoms with Crippen LogP contribution >= 0.6 is 36.2 Å². The van der Waals surface area contributed by atoms with Crippen LogP contribution < -0.4 is 11.1 Å². The van der Waals surface area contributed by atoms with Crippen LogP contribution in [-0.4, -0.2) is 28.6 Å². The number of rotatable bonds is 3. The first-order valence-corrected chi connectivity index (χ1v) is 8.42. The number of guanidine groups is 2. The molecule has 1 aromatic carbocycles. The smallest absolute Gasteiger partial charge is 0.213 e. The molecule has 0 aromatic heterocycles. The monoisotopic (exact) mass is 343 g/mol. The number of thioether (sulfide) groups is 1. The summed E-state index contributed by atoms with van der Waals surface area (Å²) in [6, 6.07) is 5.89. The molecule has 1 aromatic rings. The number of aliphatic imine (C=N–C) groups is 2. The number of nitrogens with one attached hydrogen (secondary N) is 1. The molecule has 21 heavy (non-hydrogen) atoms. The number of hydrogen-bond acceptors (Lipinski definition) is 5. The molecular weight excluding hydrogens is 326 g/mol. The first-order valence-electron chi connectivity index (χ1n) is 6.42. The van der Waals surface area contributed by atoms with Gasteiger partial charge in [-0.3, -0.25) is 9.62 Å². The zero-order valence-corrected chi connectivity index (χ0v) is 14.5. The highest BCUT2D eigenvalue weighted by molar-refractivity contribution is 7.98. The summed E-state index contributed by atoms with van der Waals surface area (Å²) in [5.74, 6) is 0.922. The van der Waals surface area contributed by atoms with Gasteiger partial charge in [-0.15, -0.1) is 11.8 Å². The zero-order valence-electron chi connectivity index (χ0n) is 12.0. The van der Waals surface area contributed by atoms with Gasteiger partial charge < -0.3 is 5.73 Å². The van der Waals surface area contributed by atoms with E-state index < -0.39 is 0 Å². The van der Waals surface area contributed by atoms with Crippen molar-refractivity contribution in [2.75, 3.05) is 6.26 Å². The number of halogens is 1. The topological polar surface area (TPSA) is 66.0 Å². The minimum Gasteiger partial charge on any atom is -0.370 e. The van der Waals surface area contributed by atoms with Crippen LogP contribution in [0.2, 0.25) is 5.02 Å². The second-order valence-electron chi connectivity index (χ2n) is 4.64. The van der Waals surface area contributed by atoms with Crippen LogP contribution in [-0.2, 0) is 0 Å². The van der Waals surface area contributed by atoms with Gasteiger partial charge in [0.15, 0.2) is 5.96 Å². The van der Waals surface area contributed by atoms with Crippen molar-refractivity contribution in [2.45, 2.75) is 31.0 Å². The molecule has 0 spiro atoms. The number of nitrogens with zero attached hydrogens (tertiary/aromatic N) is 3. The maximum absolute atomic E-state index is 6.24. The molecule has 0 fully saturated rings. The lowest BCUT2D eigenvalue weighted by Gasteiger charge is -2.29. The fourth-order valence-electron chi connectivity index (χ4n) is 1.93. The van der Waals surface area contributed by atoms with Crippen LogP contribution in [0.25, 0.3) is 0 Å². The first-order chi connectivity index (χ1) is 9.92. The predicted octanol–water partition coefficient (Wildman–Crippen LogP) is 2.89. The second-order valence-corrected chi connectivity index (χ2v) is 6.32. The number of hydrogen-bond donors (Lipinski definition) is 3. The molecule has 1 aliphatic rings. The molecule has 114 valence electrons. The number of benzene rings is 1. The Bertz CT molecular complexity index is 590. The third kappa shape index (κ3) is 3.78. The lowest BCUT2D eigenvalue weighted by Crippen LogP contribution is -2.51. The average molecular weight is 344 g/mol. The second kappa shape index (κ2) is 6.81. The lowest BCUT2D eigenvalue weighted by atomic mass is 10.1. The predicted molar refractivity (Wildman–Crippen MR) is 94.1 cm³/mol. The fraction of sp³-hybridized carbons (Fsp3) is 0.385. The van der Waals surface area contributed by atoms with Gasteiger partial charge >= 0.3 is 0 Å². The van der Waals surface area contributed by atoms with E-state index in [-0.39, 0.29) is 12.2 Å². The Balaban J connectivity index is 2.24. The molecule has 0 saturated heterocycles. The van der Waals surface area contributed by atoms with Crippen molar-refractivity contribution >= 4 is 48.1 Å². The van der Waals surface area contributed by atoms with E-state index in [0.29, 0.717) is 11.9 Å². The van der Waals surface area contributed by atoms with Gasteiger partial charge in [-0.25, -0.2) is 9.98 Å². The highest BCUT2D eigenvalue weighted by Gasteiger charge is 2.21. The summed E-state index contributed by atoms with van der Waals surface area (Å²) in [6.45, 7) is 3.89. The summed E-state index contributed by atoms with van der Waals surface area (Å²) in [5.41, 5.74) is 6.76. The van der Waals surface area contributed by atoms with Crippen molar-refractivity contribution in [3.8, 4) is 0 Å². The lowest BCUT2D eigenvalue weighted by molar-refractivity contribution is 0.503. The largest absolute Gasteiger partial charge is 0.370 e. The summed E-state index contributed by atoms with van der Waals surface area (Å²) >= 11 is 12.2. The Labute approximate surface area is 139 Å². The highest BCUT2D eigenvalue weighted by Crippen LogP contribution is 2.29. The molecule has 0 bridgehead atoms. The third-order valence-electron chi connectivity index (χ3n) is 3.11. The van der Waals surface area contributed by atoms with Crippen molar-refractivity contribution in [2.24, 2.45) is 15.7 Å². The molecule has 2 atom stereocenters. The molecule has 1 heterocycles. The van der Waals surface area contributed by atoms with Crippen LogP contribution in [0.1, 0.15) is 25.5 Å². The van der Waals surface area contributed by atoms with Gasteiger partial charge in [-0.1, -0.05) is 30.5 Å². The average Bonchev–Trinajstić information content (AvgIpc) is 2.44. The molecule has 5 nitrogen and oxygen atoms in total. The molecule has 0 amide bonds. The minimum atomic E-state index is -0.164. The SMILES string of the molecule is CSc1ccc(C(C)N=C2NC(N)=NC(C)N2S)cc1Cl. The molecule has 0 aliphatic carbocycles. The first kappa shape index (κ1) is 16.3. The fourth-order valence-corrected chi connectivity index (χ4v) is 2.96. The van der Waals surface area contributed by atoms with Gasteiger partial charge in [0, 0.05) is 4.90 Å². The Morgan fingerprint density at radius 3 is 2.90 bits per heavy atom. The Kier molecular flexibility index (Phi) is 5.29. The van der Waals surface area contributed by atoms with Crippen LogP contribution in [0.3, 0.4) is 0 Å². The van der Waals surface area contributed by atoms with Gasteiger partial charge in [0.1, 0.15) is 6.17 Å². The summed E-state index contributed by atoms with van der Waals surface area (Å²) in [5, 5.41) is 3.66. The molecule has 0 radical (unpaired) electrons. The van der Waals surface area contributed by atoms with Crippen molar-refractivity contribution in [3.63, 3.8) is 0 Å². The van der Waals surface area contributed by atoms with E-state index in [1.807, 2.05) is 38.3 Å². The summed E-state index contributed by atoms with van der Waals surface area (Å²) in [7, 11) is 0. The minimum absolute atomic E-state index is 0.0753. The molecule has 2 rings (SSSR count). The molecular formula is C13H18ClN5S2. The highest BCUT2D eigenvalue weighted by atomic mass is 35.5. The van der Waals surface area contributed by atoms with Crippen molar-refractivity contribution in [3.05, 3.63) is 28.8 Å². The maximum Gasteiger partial charge on any atom is 0.213 e. The van der Waals surface area contributed by atoms with Crippen LogP contribution in [0.15, 0.2) is 33.1 Å². The van der Waals surface area contributed by atoms with E-state index in [1.54, 1.807) is 16.1 Å². The van der Waals surface area contributed by atoms with Gasteiger partial charge in [0.05, 0.1) is 11.1 Å². The van der Waals surface area contributed by atoms with Crippen LogP contribution in [0, 0.1) is 0 Å². The molecule has 3 N–H and O–H groups in total. The summed E-state index contributed by atoms with van der Waals surface area (Å²) < 4.78 is 1.64. The van der Waals surface area contributed by atoms with Crippen LogP contribution in [0.4, 0.5) is 0 Å². The molecule has 1 aliphatic heterocycles. The summed E-state index contributed by atoms with van der Waals surface area (Å²) in [4.78, 5) is 9.83. The Hall–Kier alpha value is -1.05. The Morgan fingerprint density at radius 1 is 1.57 bits per heavy atom. The molecule has 8 heteroatoms. The van der Waals surface area contributed by atoms with E-state index in [1.165, 1.54) is 0 Å². The quantitative estimate of drug-likeness (QED) is 0.583. The summed E-state index contributed by atoms with van der Waals surface area (Å²) in [6.07, 6.45) is 1.83. The van der Waals surface area contributed by atoms with E-state index in [2.05, 4.69) is 28.1 Å². The van der Waals surface area contributed by atoms with E-state index in [4.69, 9.17) is 17.3 Å². The van der Waals surface area contributed by atoms with Gasteiger partial charge in [0.2, 0.25) is 5.96 Å². The van der Waals surface area contributed by atoms with Crippen molar-refractivity contribution < 1.29 is 0 Å².